The fourth-order valence-corrected chi connectivity index (χ4v) is 1.77. The van der Waals surface area contributed by atoms with Crippen LogP contribution in [0.3, 0.4) is 0 Å². The Labute approximate surface area is 101 Å². The van der Waals surface area contributed by atoms with E-state index >= 15 is 0 Å². The average Bonchev–Trinajstić information content (AvgIpc) is 2.28. The van der Waals surface area contributed by atoms with Gasteiger partial charge in [0, 0.05) is 24.8 Å². The van der Waals surface area contributed by atoms with Crippen molar-refractivity contribution in [2.24, 2.45) is 0 Å². The summed E-state index contributed by atoms with van der Waals surface area (Å²) in [5.41, 5.74) is 1.94. The smallest absolute Gasteiger partial charge is 0.272 e. The maximum absolute atomic E-state index is 10.9. The van der Waals surface area contributed by atoms with Crippen molar-refractivity contribution >= 4 is 5.69 Å². The maximum atomic E-state index is 10.9. The molecule has 0 aromatic heterocycles. The van der Waals surface area contributed by atoms with E-state index in [0.29, 0.717) is 13.0 Å². The molecule has 0 amide bonds. The molecule has 0 heterocycles. The van der Waals surface area contributed by atoms with Gasteiger partial charge in [-0.2, -0.15) is 0 Å². The lowest BCUT2D eigenvalue weighted by Crippen LogP contribution is -2.32. The SMILES string of the molecule is CNC(COC)Cc1cc(C)ccc1[N+](=O)[O-]. The molecular weight excluding hydrogens is 220 g/mol. The Kier molecular flexibility index (Phi) is 5.06. The van der Waals surface area contributed by atoms with Crippen LogP contribution in [0.15, 0.2) is 18.2 Å². The third kappa shape index (κ3) is 3.80. The van der Waals surface area contributed by atoms with E-state index in [4.69, 9.17) is 4.74 Å². The summed E-state index contributed by atoms with van der Waals surface area (Å²) in [6.07, 6.45) is 0.586. The van der Waals surface area contributed by atoms with Crippen LogP contribution in [-0.4, -0.2) is 31.7 Å². The molecule has 0 spiro atoms. The van der Waals surface area contributed by atoms with Crippen molar-refractivity contribution in [2.45, 2.75) is 19.4 Å². The Morgan fingerprint density at radius 1 is 1.53 bits per heavy atom. The average molecular weight is 238 g/mol. The molecule has 1 aromatic rings. The Balaban J connectivity index is 2.94. The molecule has 1 rings (SSSR count). The van der Waals surface area contributed by atoms with Gasteiger partial charge in [-0.05, 0) is 26.5 Å². The van der Waals surface area contributed by atoms with E-state index in [0.717, 1.165) is 11.1 Å². The lowest BCUT2D eigenvalue weighted by molar-refractivity contribution is -0.385. The highest BCUT2D eigenvalue weighted by atomic mass is 16.6. The van der Waals surface area contributed by atoms with Crippen molar-refractivity contribution < 1.29 is 9.66 Å². The monoisotopic (exact) mass is 238 g/mol. The number of nitro groups is 1. The topological polar surface area (TPSA) is 64.4 Å². The van der Waals surface area contributed by atoms with Gasteiger partial charge in [-0.3, -0.25) is 10.1 Å². The van der Waals surface area contributed by atoms with Gasteiger partial charge in [-0.15, -0.1) is 0 Å². The van der Waals surface area contributed by atoms with Crippen LogP contribution >= 0.6 is 0 Å². The molecule has 0 aliphatic heterocycles. The van der Waals surface area contributed by atoms with Gasteiger partial charge in [0.25, 0.3) is 5.69 Å². The highest BCUT2D eigenvalue weighted by Crippen LogP contribution is 2.21. The number of nitrogens with one attached hydrogen (secondary N) is 1. The summed E-state index contributed by atoms with van der Waals surface area (Å²) in [7, 11) is 3.44. The third-order valence-electron chi connectivity index (χ3n) is 2.67. The van der Waals surface area contributed by atoms with Gasteiger partial charge in [0.05, 0.1) is 11.5 Å². The zero-order valence-electron chi connectivity index (χ0n) is 10.4. The summed E-state index contributed by atoms with van der Waals surface area (Å²) in [6, 6.07) is 5.26. The quantitative estimate of drug-likeness (QED) is 0.605. The zero-order valence-corrected chi connectivity index (χ0v) is 10.4. The first-order valence-corrected chi connectivity index (χ1v) is 5.48. The number of nitrogens with zero attached hydrogens (tertiary/aromatic N) is 1. The van der Waals surface area contributed by atoms with E-state index in [1.165, 1.54) is 0 Å². The molecule has 0 bridgehead atoms. The van der Waals surface area contributed by atoms with E-state index in [1.54, 1.807) is 19.2 Å². The molecule has 0 saturated carbocycles. The molecular formula is C12H18N2O3. The largest absolute Gasteiger partial charge is 0.383 e. The fraction of sp³-hybridized carbons (Fsp3) is 0.500. The predicted octanol–water partition coefficient (Wildman–Crippen LogP) is 1.68. The molecule has 1 N–H and O–H groups in total. The number of likely N-dealkylation sites (N-methyl/N-ethyl adjacent to an activating group) is 1. The molecule has 5 nitrogen and oxygen atoms in total. The van der Waals surface area contributed by atoms with E-state index in [-0.39, 0.29) is 16.7 Å². The second kappa shape index (κ2) is 6.32. The molecule has 1 unspecified atom stereocenters. The molecule has 0 saturated heterocycles. The minimum absolute atomic E-state index is 0.0838. The number of rotatable bonds is 6. The summed E-state index contributed by atoms with van der Waals surface area (Å²) in [5, 5.41) is 14.0. The molecule has 94 valence electrons. The number of methoxy groups -OCH3 is 1. The van der Waals surface area contributed by atoms with Crippen molar-refractivity contribution in [3.05, 3.63) is 39.4 Å². The van der Waals surface area contributed by atoms with E-state index in [2.05, 4.69) is 5.32 Å². The van der Waals surface area contributed by atoms with E-state index in [1.807, 2.05) is 20.0 Å². The van der Waals surface area contributed by atoms with Gasteiger partial charge < -0.3 is 10.1 Å². The van der Waals surface area contributed by atoms with Crippen LogP contribution in [0.25, 0.3) is 0 Å². The minimum atomic E-state index is -0.339. The van der Waals surface area contributed by atoms with Crippen molar-refractivity contribution in [3.8, 4) is 0 Å². The van der Waals surface area contributed by atoms with Crippen molar-refractivity contribution in [3.63, 3.8) is 0 Å². The Bertz CT molecular complexity index is 393. The second-order valence-electron chi connectivity index (χ2n) is 4.03. The maximum Gasteiger partial charge on any atom is 0.272 e. The number of benzene rings is 1. The first-order valence-electron chi connectivity index (χ1n) is 5.48. The molecule has 0 fully saturated rings. The van der Waals surface area contributed by atoms with Gasteiger partial charge in [0.1, 0.15) is 0 Å². The van der Waals surface area contributed by atoms with Crippen molar-refractivity contribution in [1.82, 2.24) is 5.32 Å². The summed E-state index contributed by atoms with van der Waals surface area (Å²) in [5.74, 6) is 0. The van der Waals surface area contributed by atoms with Crippen LogP contribution in [0.1, 0.15) is 11.1 Å². The summed E-state index contributed by atoms with van der Waals surface area (Å²) < 4.78 is 5.07. The van der Waals surface area contributed by atoms with Crippen molar-refractivity contribution in [2.75, 3.05) is 20.8 Å². The van der Waals surface area contributed by atoms with Gasteiger partial charge in [-0.25, -0.2) is 0 Å². The van der Waals surface area contributed by atoms with Crippen LogP contribution in [-0.2, 0) is 11.2 Å². The lowest BCUT2D eigenvalue weighted by atomic mass is 10.0. The first-order chi connectivity index (χ1) is 8.08. The van der Waals surface area contributed by atoms with E-state index in [9.17, 15) is 10.1 Å². The van der Waals surface area contributed by atoms with Gasteiger partial charge in [-0.1, -0.05) is 11.6 Å². The number of ether oxygens (including phenoxy) is 1. The van der Waals surface area contributed by atoms with Crippen LogP contribution in [0.4, 0.5) is 5.69 Å². The van der Waals surface area contributed by atoms with Crippen LogP contribution in [0, 0.1) is 17.0 Å². The van der Waals surface area contributed by atoms with Crippen LogP contribution in [0.5, 0.6) is 0 Å². The highest BCUT2D eigenvalue weighted by molar-refractivity contribution is 5.43. The molecule has 1 aromatic carbocycles. The molecule has 17 heavy (non-hydrogen) atoms. The predicted molar refractivity (Wildman–Crippen MR) is 66.3 cm³/mol. The normalized spacial score (nSPS) is 12.4. The standard InChI is InChI=1S/C12H18N2O3/c1-9-4-5-12(14(15)16)10(6-9)7-11(13-2)8-17-3/h4-6,11,13H,7-8H2,1-3H3. The molecule has 0 radical (unpaired) electrons. The molecule has 5 heteroatoms. The number of hydrogen-bond donors (Lipinski definition) is 1. The van der Waals surface area contributed by atoms with Gasteiger partial charge in [0.15, 0.2) is 0 Å². The second-order valence-corrected chi connectivity index (χ2v) is 4.03. The van der Waals surface area contributed by atoms with Gasteiger partial charge in [0.2, 0.25) is 0 Å². The summed E-state index contributed by atoms with van der Waals surface area (Å²) in [4.78, 5) is 10.6. The fourth-order valence-electron chi connectivity index (χ4n) is 1.77. The first kappa shape index (κ1) is 13.6. The Morgan fingerprint density at radius 2 is 2.24 bits per heavy atom. The Morgan fingerprint density at radius 3 is 2.76 bits per heavy atom. The molecule has 0 aliphatic rings. The summed E-state index contributed by atoms with van der Waals surface area (Å²) in [6.45, 7) is 2.46. The van der Waals surface area contributed by atoms with E-state index < -0.39 is 0 Å². The van der Waals surface area contributed by atoms with Gasteiger partial charge >= 0.3 is 0 Å². The summed E-state index contributed by atoms with van der Waals surface area (Å²) >= 11 is 0. The number of hydrogen-bond acceptors (Lipinski definition) is 4. The van der Waals surface area contributed by atoms with Crippen LogP contribution in [0.2, 0.25) is 0 Å². The van der Waals surface area contributed by atoms with Crippen molar-refractivity contribution in [1.29, 1.82) is 0 Å². The third-order valence-corrected chi connectivity index (χ3v) is 2.67. The lowest BCUT2D eigenvalue weighted by Gasteiger charge is -2.15. The minimum Gasteiger partial charge on any atom is -0.383 e. The highest BCUT2D eigenvalue weighted by Gasteiger charge is 2.17. The molecule has 0 aliphatic carbocycles. The zero-order chi connectivity index (χ0) is 12.8. The molecule has 1 atom stereocenters. The Hall–Kier alpha value is -1.46. The number of aryl methyl sites for hydroxylation is 1. The number of nitro benzene ring substituents is 1. The van der Waals surface area contributed by atoms with Crippen LogP contribution < -0.4 is 5.32 Å².